The van der Waals surface area contributed by atoms with E-state index in [1.807, 2.05) is 23.1 Å². The van der Waals surface area contributed by atoms with Crippen LogP contribution in [-0.4, -0.2) is 47.0 Å². The summed E-state index contributed by atoms with van der Waals surface area (Å²) >= 11 is 0. The summed E-state index contributed by atoms with van der Waals surface area (Å²) < 4.78 is 8.13. The van der Waals surface area contributed by atoms with E-state index in [-0.39, 0.29) is 5.60 Å². The van der Waals surface area contributed by atoms with Gasteiger partial charge in [-0.3, -0.25) is 4.68 Å². The molecule has 3 heterocycles. The molecular formula is C12H19N3O. The normalized spacial score (nSPS) is 29.9. The van der Waals surface area contributed by atoms with Crippen LogP contribution in [0.2, 0.25) is 0 Å². The van der Waals surface area contributed by atoms with Crippen molar-refractivity contribution in [2.75, 3.05) is 26.7 Å². The molecular weight excluding hydrogens is 202 g/mol. The van der Waals surface area contributed by atoms with Gasteiger partial charge in [-0.25, -0.2) is 0 Å². The maximum atomic E-state index is 6.08. The van der Waals surface area contributed by atoms with E-state index in [0.29, 0.717) is 6.04 Å². The molecule has 2 aliphatic rings. The van der Waals surface area contributed by atoms with Gasteiger partial charge in [0.05, 0.1) is 18.2 Å². The Labute approximate surface area is 96.2 Å². The van der Waals surface area contributed by atoms with Gasteiger partial charge in [0.15, 0.2) is 0 Å². The summed E-state index contributed by atoms with van der Waals surface area (Å²) in [5, 5.41) is 4.32. The van der Waals surface area contributed by atoms with Crippen molar-refractivity contribution in [1.82, 2.24) is 14.7 Å². The molecule has 16 heavy (non-hydrogen) atoms. The summed E-state index contributed by atoms with van der Waals surface area (Å²) in [7, 11) is 2.19. The number of piperidine rings is 1. The molecule has 1 atom stereocenters. The molecule has 0 amide bonds. The van der Waals surface area contributed by atoms with Crippen LogP contribution in [0.25, 0.3) is 0 Å². The van der Waals surface area contributed by atoms with Crippen LogP contribution in [0.5, 0.6) is 0 Å². The van der Waals surface area contributed by atoms with Crippen molar-refractivity contribution < 1.29 is 4.74 Å². The van der Waals surface area contributed by atoms with E-state index in [2.05, 4.69) is 17.0 Å². The SMILES string of the molecule is CN1CCC2(CC1)CC(n1cccn1)CO2. The molecule has 1 aromatic heterocycles. The average Bonchev–Trinajstić information content (AvgIpc) is 2.93. The quantitative estimate of drug-likeness (QED) is 0.716. The fourth-order valence-corrected chi connectivity index (χ4v) is 2.86. The number of likely N-dealkylation sites (tertiary alicyclic amines) is 1. The topological polar surface area (TPSA) is 30.3 Å². The molecule has 1 spiro atoms. The lowest BCUT2D eigenvalue weighted by Gasteiger charge is -2.36. The zero-order chi connectivity index (χ0) is 11.0. The second-order valence-electron chi connectivity index (χ2n) is 5.14. The maximum absolute atomic E-state index is 6.08. The summed E-state index contributed by atoms with van der Waals surface area (Å²) in [6.45, 7) is 3.14. The standard InChI is InChI=1S/C12H19N3O/c1-14-7-3-12(4-8-14)9-11(10-16-12)15-6-2-5-13-15/h2,5-6,11H,3-4,7-10H2,1H3. The third-order valence-corrected chi connectivity index (χ3v) is 3.99. The van der Waals surface area contributed by atoms with Crippen LogP contribution in [0.3, 0.4) is 0 Å². The first-order valence-corrected chi connectivity index (χ1v) is 6.09. The van der Waals surface area contributed by atoms with Crippen molar-refractivity contribution in [2.45, 2.75) is 30.9 Å². The molecule has 0 bridgehead atoms. The van der Waals surface area contributed by atoms with Crippen molar-refractivity contribution in [1.29, 1.82) is 0 Å². The molecule has 0 aromatic carbocycles. The Hall–Kier alpha value is -0.870. The van der Waals surface area contributed by atoms with Gasteiger partial charge in [0.2, 0.25) is 0 Å². The second-order valence-corrected chi connectivity index (χ2v) is 5.14. The van der Waals surface area contributed by atoms with E-state index in [9.17, 15) is 0 Å². The first-order chi connectivity index (χ1) is 7.77. The van der Waals surface area contributed by atoms with Gasteiger partial charge in [0.1, 0.15) is 0 Å². The van der Waals surface area contributed by atoms with E-state index in [4.69, 9.17) is 4.74 Å². The molecule has 1 unspecified atom stereocenters. The lowest BCUT2D eigenvalue weighted by Crippen LogP contribution is -2.42. The van der Waals surface area contributed by atoms with Crippen LogP contribution in [0, 0.1) is 0 Å². The van der Waals surface area contributed by atoms with Gasteiger partial charge in [-0.15, -0.1) is 0 Å². The Morgan fingerprint density at radius 2 is 2.19 bits per heavy atom. The molecule has 88 valence electrons. The number of aromatic nitrogens is 2. The summed E-state index contributed by atoms with van der Waals surface area (Å²) in [5.41, 5.74) is 0.142. The third-order valence-electron chi connectivity index (χ3n) is 3.99. The molecule has 3 rings (SSSR count). The Bertz CT molecular complexity index is 341. The minimum Gasteiger partial charge on any atom is -0.373 e. The average molecular weight is 221 g/mol. The van der Waals surface area contributed by atoms with Crippen molar-refractivity contribution in [3.63, 3.8) is 0 Å². The fourth-order valence-electron chi connectivity index (χ4n) is 2.86. The van der Waals surface area contributed by atoms with Crippen LogP contribution in [0.15, 0.2) is 18.5 Å². The van der Waals surface area contributed by atoms with Gasteiger partial charge in [-0.05, 0) is 26.0 Å². The summed E-state index contributed by atoms with van der Waals surface area (Å²) in [6.07, 6.45) is 7.35. The van der Waals surface area contributed by atoms with E-state index in [1.54, 1.807) is 0 Å². The Morgan fingerprint density at radius 1 is 1.38 bits per heavy atom. The monoisotopic (exact) mass is 221 g/mol. The van der Waals surface area contributed by atoms with Crippen molar-refractivity contribution in [2.24, 2.45) is 0 Å². The molecule has 0 radical (unpaired) electrons. The zero-order valence-electron chi connectivity index (χ0n) is 9.80. The molecule has 0 aliphatic carbocycles. The van der Waals surface area contributed by atoms with Crippen molar-refractivity contribution in [3.8, 4) is 0 Å². The van der Waals surface area contributed by atoms with E-state index in [0.717, 1.165) is 26.1 Å². The number of rotatable bonds is 1. The van der Waals surface area contributed by atoms with Crippen molar-refractivity contribution in [3.05, 3.63) is 18.5 Å². The van der Waals surface area contributed by atoms with Crippen LogP contribution in [0.1, 0.15) is 25.3 Å². The van der Waals surface area contributed by atoms with Gasteiger partial charge in [-0.2, -0.15) is 5.10 Å². The predicted octanol–water partition coefficient (Wildman–Crippen LogP) is 1.31. The number of hydrogen-bond acceptors (Lipinski definition) is 3. The number of ether oxygens (including phenoxy) is 1. The highest BCUT2D eigenvalue weighted by Gasteiger charge is 2.42. The first-order valence-electron chi connectivity index (χ1n) is 6.09. The summed E-state index contributed by atoms with van der Waals surface area (Å²) in [4.78, 5) is 2.38. The number of nitrogens with zero attached hydrogens (tertiary/aromatic N) is 3. The third kappa shape index (κ3) is 1.76. The van der Waals surface area contributed by atoms with E-state index in [1.165, 1.54) is 12.8 Å². The highest BCUT2D eigenvalue weighted by molar-refractivity contribution is 4.96. The summed E-state index contributed by atoms with van der Waals surface area (Å²) in [6, 6.07) is 2.43. The van der Waals surface area contributed by atoms with Gasteiger partial charge >= 0.3 is 0 Å². The van der Waals surface area contributed by atoms with Crippen molar-refractivity contribution >= 4 is 0 Å². The maximum Gasteiger partial charge on any atom is 0.0780 e. The van der Waals surface area contributed by atoms with Crippen LogP contribution in [-0.2, 0) is 4.74 Å². The van der Waals surface area contributed by atoms with Crippen LogP contribution >= 0.6 is 0 Å². The molecule has 0 N–H and O–H groups in total. The number of hydrogen-bond donors (Lipinski definition) is 0. The van der Waals surface area contributed by atoms with Gasteiger partial charge in [0.25, 0.3) is 0 Å². The van der Waals surface area contributed by atoms with Crippen LogP contribution in [0.4, 0.5) is 0 Å². The smallest absolute Gasteiger partial charge is 0.0780 e. The largest absolute Gasteiger partial charge is 0.373 e. The van der Waals surface area contributed by atoms with Gasteiger partial charge < -0.3 is 9.64 Å². The first kappa shape index (κ1) is 10.3. The minimum atomic E-state index is 0.142. The Balaban J connectivity index is 1.68. The molecule has 2 fully saturated rings. The molecule has 0 saturated carbocycles. The highest BCUT2D eigenvalue weighted by atomic mass is 16.5. The molecule has 4 nitrogen and oxygen atoms in total. The highest BCUT2D eigenvalue weighted by Crippen LogP contribution is 2.39. The summed E-state index contributed by atoms with van der Waals surface area (Å²) in [5.74, 6) is 0. The Morgan fingerprint density at radius 3 is 2.88 bits per heavy atom. The van der Waals surface area contributed by atoms with E-state index < -0.39 is 0 Å². The molecule has 2 aliphatic heterocycles. The molecule has 4 heteroatoms. The van der Waals surface area contributed by atoms with Crippen LogP contribution < -0.4 is 0 Å². The molecule has 1 aromatic rings. The van der Waals surface area contributed by atoms with E-state index >= 15 is 0 Å². The predicted molar refractivity (Wildman–Crippen MR) is 61.3 cm³/mol. The fraction of sp³-hybridized carbons (Fsp3) is 0.750. The van der Waals surface area contributed by atoms with Gasteiger partial charge in [-0.1, -0.05) is 0 Å². The minimum absolute atomic E-state index is 0.142. The second kappa shape index (κ2) is 3.86. The lowest BCUT2D eigenvalue weighted by molar-refractivity contribution is -0.0394. The Kier molecular flexibility index (Phi) is 2.48. The van der Waals surface area contributed by atoms with Gasteiger partial charge in [0, 0.05) is 31.9 Å². The molecule has 2 saturated heterocycles. The lowest BCUT2D eigenvalue weighted by atomic mass is 9.87. The zero-order valence-corrected chi connectivity index (χ0v) is 9.80.